The van der Waals surface area contributed by atoms with Gasteiger partial charge in [0.1, 0.15) is 0 Å². The molecule has 0 aromatic carbocycles. The van der Waals surface area contributed by atoms with Crippen molar-refractivity contribution in [2.75, 3.05) is 0 Å². The Kier molecular flexibility index (Phi) is 11.0. The fraction of sp³-hybridized carbons (Fsp3) is 1.00. The molecule has 0 radical (unpaired) electrons. The zero-order chi connectivity index (χ0) is 21.1. The molecule has 0 atom stereocenters. The van der Waals surface area contributed by atoms with Gasteiger partial charge in [-0.1, -0.05) is 98.2 Å². The minimum absolute atomic E-state index is 0. The Hall–Kier alpha value is 3.37. The van der Waals surface area contributed by atoms with Crippen molar-refractivity contribution in [1.29, 1.82) is 0 Å². The van der Waals surface area contributed by atoms with Crippen LogP contribution in [0.3, 0.4) is 0 Å². The van der Waals surface area contributed by atoms with E-state index in [0.717, 1.165) is 0 Å². The Balaban J connectivity index is 0. The normalized spacial score (nSPS) is 15.9. The summed E-state index contributed by atoms with van der Waals surface area (Å²) in [6.45, 7) is 48.1. The molecule has 0 rings (SSSR count). The van der Waals surface area contributed by atoms with Gasteiger partial charge in [-0.2, -0.15) is 0 Å². The third-order valence-corrected chi connectivity index (χ3v) is 191. The van der Waals surface area contributed by atoms with Gasteiger partial charge in [0, 0.05) is 28.9 Å². The molecule has 0 heterocycles. The van der Waals surface area contributed by atoms with Crippen LogP contribution >= 0.6 is 0 Å². The molecule has 0 saturated heterocycles. The van der Waals surface area contributed by atoms with Crippen LogP contribution < -0.4 is 51.4 Å². The van der Waals surface area contributed by atoms with Gasteiger partial charge < -0.3 is 0 Å². The monoisotopic (exact) mass is 518 g/mol. The van der Waals surface area contributed by atoms with Crippen LogP contribution in [0.1, 0.15) is 0 Å². The van der Waals surface area contributed by atoms with Crippen LogP contribution in [0.4, 0.5) is 0 Å². The maximum Gasteiger partial charge on any atom is 1.00 e. The van der Waals surface area contributed by atoms with Crippen LogP contribution in [-0.2, 0) is 0 Å². The summed E-state index contributed by atoms with van der Waals surface area (Å²) in [6.07, 6.45) is -1.24. The summed E-state index contributed by atoms with van der Waals surface area (Å²) in [4.78, 5) is 0. The summed E-state index contributed by atoms with van der Waals surface area (Å²) in [5.41, 5.74) is 0. The first-order valence-electron chi connectivity index (χ1n) is 10.2. The molecular formula is C17H51KSi8. The van der Waals surface area contributed by atoms with Gasteiger partial charge in [0.15, 0.2) is 0 Å². The van der Waals surface area contributed by atoms with E-state index in [4.69, 9.17) is 0 Å². The van der Waals surface area contributed by atoms with Crippen LogP contribution in [0.5, 0.6) is 0 Å². The third kappa shape index (κ3) is 5.78. The Bertz CT molecular complexity index is 419. The molecule has 0 aliphatic heterocycles. The van der Waals surface area contributed by atoms with E-state index in [2.05, 4.69) is 111 Å². The van der Waals surface area contributed by atoms with E-state index in [9.17, 15) is 0 Å². The predicted molar refractivity (Wildman–Crippen MR) is 146 cm³/mol. The van der Waals surface area contributed by atoms with Crippen molar-refractivity contribution in [3.63, 3.8) is 0 Å². The fourth-order valence-electron chi connectivity index (χ4n) is 9.38. The predicted octanol–water partition coefficient (Wildman–Crippen LogP) is 3.88. The first-order valence-corrected chi connectivity index (χ1v) is 41.2. The van der Waals surface area contributed by atoms with Gasteiger partial charge in [0.25, 0.3) is 0 Å². The SMILES string of the molecule is C[Si](C)(C)[Si-]([Si](C)(C)C)[Si](C)(C)[Si]([Si](C)(C)C)([Si](C)(C)C)[Si](C)(C)C.[K+]. The van der Waals surface area contributed by atoms with Crippen LogP contribution in [0.2, 0.25) is 111 Å². The molecule has 0 aliphatic carbocycles. The molecule has 0 aromatic rings. The molecule has 26 heavy (non-hydrogen) atoms. The van der Waals surface area contributed by atoms with Crippen molar-refractivity contribution in [2.24, 2.45) is 0 Å². The molecule has 0 spiro atoms. The molecule has 0 aliphatic rings. The maximum absolute atomic E-state index is 3.00. The molecule has 0 N–H and O–H groups in total. The Morgan fingerprint density at radius 1 is 0.385 bits per heavy atom. The molecule has 0 fully saturated rings. The standard InChI is InChI=1S/C17H51Si8.K/c1-19(2,3)18(20(4,5)6)24(16,17)25(21(7,8)9,22(10,11)12)23(13,14)15;/h1-17H3;/q-1;+1. The van der Waals surface area contributed by atoms with E-state index in [-0.39, 0.29) is 58.7 Å². The van der Waals surface area contributed by atoms with Gasteiger partial charge in [-0.3, -0.25) is 7.35 Å². The quantitative estimate of drug-likeness (QED) is 0.448. The average molecular weight is 519 g/mol. The van der Waals surface area contributed by atoms with Gasteiger partial charge >= 0.3 is 51.4 Å². The van der Waals surface area contributed by atoms with Gasteiger partial charge in [-0.15, -0.1) is 35.4 Å². The maximum atomic E-state index is 3.00. The first kappa shape index (κ1) is 31.6. The molecule has 0 amide bonds. The summed E-state index contributed by atoms with van der Waals surface area (Å²) >= 11 is 0. The zero-order valence-corrected chi connectivity index (χ0v) is 33.1. The Morgan fingerprint density at radius 3 is 0.692 bits per heavy atom. The fourth-order valence-corrected chi connectivity index (χ4v) is 344. The minimum Gasteiger partial charge on any atom is -0.254 e. The third-order valence-electron chi connectivity index (χ3n) is 6.44. The van der Waals surface area contributed by atoms with Crippen LogP contribution in [0.25, 0.3) is 0 Å². The molecule has 0 aromatic heterocycles. The molecular weight excluding hydrogens is 468 g/mol. The first-order chi connectivity index (χ1) is 10.4. The van der Waals surface area contributed by atoms with E-state index in [1.807, 2.05) is 0 Å². The molecule has 9 heteroatoms. The smallest absolute Gasteiger partial charge is 0.254 e. The molecule has 0 saturated carbocycles. The summed E-state index contributed by atoms with van der Waals surface area (Å²) in [5, 5.41) is 0. The number of rotatable bonds is 7. The van der Waals surface area contributed by atoms with E-state index in [1.165, 1.54) is 0 Å². The molecule has 0 unspecified atom stereocenters. The van der Waals surface area contributed by atoms with Crippen LogP contribution in [0, 0.1) is 0 Å². The van der Waals surface area contributed by atoms with Gasteiger partial charge in [-0.25, -0.2) is 0 Å². The largest absolute Gasteiger partial charge is 1.00 e. The Morgan fingerprint density at radius 2 is 0.577 bits per heavy atom. The van der Waals surface area contributed by atoms with Crippen molar-refractivity contribution in [1.82, 2.24) is 0 Å². The summed E-state index contributed by atoms with van der Waals surface area (Å²) in [7, 11) is -7.08. The van der Waals surface area contributed by atoms with Gasteiger partial charge in [-0.05, 0) is 0 Å². The second-order valence-electron chi connectivity index (χ2n) is 14.0. The second kappa shape index (κ2) is 9.08. The Labute approximate surface area is 218 Å². The average Bonchev–Trinajstić information content (AvgIpc) is 1.99. The summed E-state index contributed by atoms with van der Waals surface area (Å²) < 4.78 is 0. The van der Waals surface area contributed by atoms with Crippen LogP contribution in [0.15, 0.2) is 0 Å². The van der Waals surface area contributed by atoms with Gasteiger partial charge in [0.2, 0.25) is 0 Å². The van der Waals surface area contributed by atoms with Crippen molar-refractivity contribution >= 4 is 58.6 Å². The van der Waals surface area contributed by atoms with Crippen molar-refractivity contribution in [2.45, 2.75) is 111 Å². The minimum atomic E-state index is -1.24. The molecule has 0 bridgehead atoms. The van der Waals surface area contributed by atoms with E-state index >= 15 is 0 Å². The number of hydrogen-bond acceptors (Lipinski definition) is 0. The van der Waals surface area contributed by atoms with E-state index in [0.29, 0.717) is 0 Å². The number of hydrogen-bond donors (Lipinski definition) is 0. The topological polar surface area (TPSA) is 0 Å². The van der Waals surface area contributed by atoms with Crippen molar-refractivity contribution in [3.05, 3.63) is 0 Å². The molecule has 0 nitrogen and oxygen atoms in total. The summed E-state index contributed by atoms with van der Waals surface area (Å²) in [6, 6.07) is 0. The second-order valence-corrected chi connectivity index (χ2v) is 100. The van der Waals surface area contributed by atoms with E-state index < -0.39 is 51.2 Å². The van der Waals surface area contributed by atoms with Crippen molar-refractivity contribution in [3.8, 4) is 0 Å². The van der Waals surface area contributed by atoms with E-state index in [1.54, 1.807) is 0 Å². The van der Waals surface area contributed by atoms with Crippen LogP contribution in [-0.4, -0.2) is 58.6 Å². The van der Waals surface area contributed by atoms with Crippen molar-refractivity contribution < 1.29 is 51.4 Å². The zero-order valence-electron chi connectivity index (χ0n) is 22.0. The van der Waals surface area contributed by atoms with Gasteiger partial charge in [0.05, 0.1) is 0 Å². The molecule has 152 valence electrons. The summed E-state index contributed by atoms with van der Waals surface area (Å²) in [5.74, 6) is 0.